The molecule has 1 aliphatic heterocycles. The number of piperidine rings is 1. The molecule has 37 heavy (non-hydrogen) atoms. The normalized spacial score (nSPS) is 28.1. The second-order valence-electron chi connectivity index (χ2n) is 11.2. The number of carbonyl (C=O) groups is 2. The van der Waals surface area contributed by atoms with E-state index in [0.29, 0.717) is 31.6 Å². The Balaban J connectivity index is 1.11. The summed E-state index contributed by atoms with van der Waals surface area (Å²) in [6.45, 7) is 2.50. The van der Waals surface area contributed by atoms with Gasteiger partial charge < -0.3 is 10.2 Å². The smallest absolute Gasteiger partial charge is 0.353 e. The van der Waals surface area contributed by atoms with E-state index in [1.54, 1.807) is 0 Å². The predicted molar refractivity (Wildman–Crippen MR) is 130 cm³/mol. The number of halogens is 5. The van der Waals surface area contributed by atoms with E-state index in [-0.39, 0.29) is 48.0 Å². The van der Waals surface area contributed by atoms with Crippen LogP contribution < -0.4 is 5.32 Å². The van der Waals surface area contributed by atoms with Gasteiger partial charge in [-0.3, -0.25) is 9.59 Å². The fourth-order valence-corrected chi connectivity index (χ4v) is 6.29. The number of amides is 1. The molecule has 3 aliphatic rings. The van der Waals surface area contributed by atoms with E-state index in [9.17, 15) is 31.5 Å². The van der Waals surface area contributed by atoms with E-state index < -0.39 is 23.7 Å². The van der Waals surface area contributed by atoms with Gasteiger partial charge in [-0.05, 0) is 108 Å². The fraction of sp³-hybridized carbons (Fsp3) is 0.714. The molecule has 1 heterocycles. The maximum Gasteiger partial charge on any atom is 0.391 e. The number of nitrogens with one attached hydrogen (secondary N) is 1. The van der Waals surface area contributed by atoms with Crippen LogP contribution in [0.15, 0.2) is 18.2 Å². The highest BCUT2D eigenvalue weighted by molar-refractivity contribution is 5.98. The Morgan fingerprint density at radius 1 is 0.865 bits per heavy atom. The molecular formula is C28H37F5N2O2. The first kappa shape index (κ1) is 28.0. The highest BCUT2D eigenvalue weighted by atomic mass is 19.4. The summed E-state index contributed by atoms with van der Waals surface area (Å²) in [4.78, 5) is 27.6. The van der Waals surface area contributed by atoms with Crippen LogP contribution in [0.3, 0.4) is 0 Å². The number of ketones is 1. The van der Waals surface area contributed by atoms with Crippen molar-refractivity contribution in [1.29, 1.82) is 0 Å². The molecule has 2 aliphatic carbocycles. The Kier molecular flexibility index (Phi) is 9.24. The average molecular weight is 529 g/mol. The fourth-order valence-electron chi connectivity index (χ4n) is 6.29. The molecule has 1 aromatic carbocycles. The maximum atomic E-state index is 14.0. The second-order valence-corrected chi connectivity index (χ2v) is 11.2. The van der Waals surface area contributed by atoms with Crippen LogP contribution in [-0.4, -0.2) is 48.4 Å². The Morgan fingerprint density at radius 2 is 1.51 bits per heavy atom. The lowest BCUT2D eigenvalue weighted by Gasteiger charge is -2.35. The van der Waals surface area contributed by atoms with Crippen LogP contribution in [0.5, 0.6) is 0 Å². The van der Waals surface area contributed by atoms with E-state index in [0.717, 1.165) is 63.9 Å². The molecule has 1 saturated heterocycles. The van der Waals surface area contributed by atoms with Crippen LogP contribution in [0.25, 0.3) is 0 Å². The lowest BCUT2D eigenvalue weighted by molar-refractivity contribution is -0.184. The standard InChI is InChI=1S/C28H37F5N2O2/c29-22-7-10-24(25(30)17-22)26(36)19-12-15-35(16-13-19)14-11-18-1-8-23(9-2-18)34-27(37)20-3-5-21(6-4-20)28(31,32)33/h7,10,17-21,23H,1-6,8-9,11-16H2,(H,34,37)/t18-,20?,21?,23-. The van der Waals surface area contributed by atoms with Crippen molar-refractivity contribution in [2.75, 3.05) is 19.6 Å². The van der Waals surface area contributed by atoms with Crippen LogP contribution >= 0.6 is 0 Å². The van der Waals surface area contributed by atoms with Crippen LogP contribution in [0, 0.1) is 35.3 Å². The molecule has 3 fully saturated rings. The molecule has 1 aromatic rings. The second kappa shape index (κ2) is 12.2. The van der Waals surface area contributed by atoms with Crippen molar-refractivity contribution in [3.8, 4) is 0 Å². The van der Waals surface area contributed by atoms with E-state index in [1.165, 1.54) is 6.07 Å². The number of carbonyl (C=O) groups excluding carboxylic acids is 2. The molecule has 0 radical (unpaired) electrons. The molecule has 4 nitrogen and oxygen atoms in total. The summed E-state index contributed by atoms with van der Waals surface area (Å²) in [7, 11) is 0. The van der Waals surface area contributed by atoms with Crippen molar-refractivity contribution in [3.05, 3.63) is 35.4 Å². The molecule has 2 saturated carbocycles. The SMILES string of the molecule is O=C(N[C@H]1CC[C@H](CCN2CCC(C(=O)c3ccc(F)cc3F)CC2)CC1)C1CCC(C(F)(F)F)CC1. The third-order valence-electron chi connectivity index (χ3n) is 8.76. The van der Waals surface area contributed by atoms with Crippen molar-refractivity contribution in [2.45, 2.75) is 82.8 Å². The summed E-state index contributed by atoms with van der Waals surface area (Å²) < 4.78 is 65.7. The number of hydrogen-bond acceptors (Lipinski definition) is 3. The number of Topliss-reactive ketones (excluding diaryl/α,β-unsaturated/α-hetero) is 1. The van der Waals surface area contributed by atoms with Crippen molar-refractivity contribution in [3.63, 3.8) is 0 Å². The number of alkyl halides is 3. The number of rotatable bonds is 7. The zero-order chi connectivity index (χ0) is 26.6. The summed E-state index contributed by atoms with van der Waals surface area (Å²) in [5.74, 6) is -3.04. The highest BCUT2D eigenvalue weighted by Gasteiger charge is 2.42. The van der Waals surface area contributed by atoms with Gasteiger partial charge in [0.05, 0.1) is 11.5 Å². The van der Waals surface area contributed by atoms with E-state index in [2.05, 4.69) is 10.2 Å². The first-order valence-corrected chi connectivity index (χ1v) is 13.7. The quantitative estimate of drug-likeness (QED) is 0.334. The summed E-state index contributed by atoms with van der Waals surface area (Å²) in [6, 6.07) is 3.22. The van der Waals surface area contributed by atoms with Crippen molar-refractivity contribution < 1.29 is 31.5 Å². The van der Waals surface area contributed by atoms with Crippen LogP contribution in [0.1, 0.15) is 81.0 Å². The van der Waals surface area contributed by atoms with Gasteiger partial charge in [-0.1, -0.05) is 0 Å². The number of benzene rings is 1. The van der Waals surface area contributed by atoms with Gasteiger partial charge in [0.1, 0.15) is 11.6 Å². The number of nitrogens with zero attached hydrogens (tertiary/aromatic N) is 1. The summed E-state index contributed by atoms with van der Waals surface area (Å²) >= 11 is 0. The first-order valence-electron chi connectivity index (χ1n) is 13.7. The Bertz CT molecular complexity index is 929. The third kappa shape index (κ3) is 7.52. The molecule has 0 bridgehead atoms. The zero-order valence-electron chi connectivity index (χ0n) is 21.2. The molecule has 0 aromatic heterocycles. The number of hydrogen-bond donors (Lipinski definition) is 1. The average Bonchev–Trinajstić information content (AvgIpc) is 2.88. The van der Waals surface area contributed by atoms with Gasteiger partial charge in [0.2, 0.25) is 5.91 Å². The van der Waals surface area contributed by atoms with Gasteiger partial charge >= 0.3 is 6.18 Å². The Hall–Kier alpha value is -2.03. The van der Waals surface area contributed by atoms with Gasteiger partial charge in [0.25, 0.3) is 0 Å². The minimum Gasteiger partial charge on any atom is -0.353 e. The lowest BCUT2D eigenvalue weighted by Crippen LogP contribution is -2.43. The molecule has 9 heteroatoms. The molecule has 0 spiro atoms. The minimum absolute atomic E-state index is 0.0299. The van der Waals surface area contributed by atoms with Gasteiger partial charge in [-0.25, -0.2) is 8.78 Å². The monoisotopic (exact) mass is 528 g/mol. The van der Waals surface area contributed by atoms with Gasteiger partial charge in [-0.2, -0.15) is 13.2 Å². The van der Waals surface area contributed by atoms with E-state index in [1.807, 2.05) is 0 Å². The first-order chi connectivity index (χ1) is 17.6. The largest absolute Gasteiger partial charge is 0.391 e. The van der Waals surface area contributed by atoms with Crippen molar-refractivity contribution in [1.82, 2.24) is 10.2 Å². The van der Waals surface area contributed by atoms with Gasteiger partial charge in [0.15, 0.2) is 5.78 Å². The lowest BCUT2D eigenvalue weighted by atomic mass is 9.80. The molecule has 206 valence electrons. The van der Waals surface area contributed by atoms with Crippen molar-refractivity contribution in [2.24, 2.45) is 23.7 Å². The summed E-state index contributed by atoms with van der Waals surface area (Å²) in [5, 5.41) is 3.09. The maximum absolute atomic E-state index is 14.0. The number of likely N-dealkylation sites (tertiary alicyclic amines) is 1. The molecule has 1 amide bonds. The molecular weight excluding hydrogens is 491 g/mol. The van der Waals surface area contributed by atoms with Crippen LogP contribution in [0.4, 0.5) is 22.0 Å². The van der Waals surface area contributed by atoms with Crippen LogP contribution in [0.2, 0.25) is 0 Å². The van der Waals surface area contributed by atoms with E-state index >= 15 is 0 Å². The van der Waals surface area contributed by atoms with Gasteiger partial charge in [-0.15, -0.1) is 0 Å². The van der Waals surface area contributed by atoms with Crippen LogP contribution in [-0.2, 0) is 4.79 Å². The molecule has 4 rings (SSSR count). The predicted octanol–water partition coefficient (Wildman–Crippen LogP) is 6.29. The molecule has 0 unspecified atom stereocenters. The zero-order valence-corrected chi connectivity index (χ0v) is 21.2. The Labute approximate surface area is 215 Å². The minimum atomic E-state index is -4.16. The molecule has 1 N–H and O–H groups in total. The van der Waals surface area contributed by atoms with E-state index in [4.69, 9.17) is 0 Å². The highest BCUT2D eigenvalue weighted by Crippen LogP contribution is 2.39. The summed E-state index contributed by atoms with van der Waals surface area (Å²) in [6.07, 6.45) is 2.77. The van der Waals surface area contributed by atoms with Crippen molar-refractivity contribution >= 4 is 11.7 Å². The molecule has 0 atom stereocenters. The Morgan fingerprint density at radius 3 is 2.11 bits per heavy atom. The van der Waals surface area contributed by atoms with Gasteiger partial charge in [0, 0.05) is 23.9 Å². The summed E-state index contributed by atoms with van der Waals surface area (Å²) in [5.41, 5.74) is -0.0299. The third-order valence-corrected chi connectivity index (χ3v) is 8.76. The topological polar surface area (TPSA) is 49.4 Å².